The Labute approximate surface area is 123 Å². The molecule has 2 saturated heterocycles. The van der Waals surface area contributed by atoms with Crippen LogP contribution in [-0.4, -0.2) is 57.8 Å². The number of hydrogen-bond donors (Lipinski definition) is 1. The van der Waals surface area contributed by atoms with Gasteiger partial charge in [0.15, 0.2) is 0 Å². The highest BCUT2D eigenvalue weighted by Gasteiger charge is 2.38. The molecular formula is C13H20ClN5O. The van der Waals surface area contributed by atoms with Crippen molar-refractivity contribution in [1.29, 1.82) is 0 Å². The fourth-order valence-corrected chi connectivity index (χ4v) is 3.35. The lowest BCUT2D eigenvalue weighted by Gasteiger charge is -2.28. The topological polar surface area (TPSA) is 53.4 Å². The average Bonchev–Trinajstić information content (AvgIpc) is 2.91. The summed E-state index contributed by atoms with van der Waals surface area (Å²) in [6, 6.07) is 0.403. The maximum Gasteiger partial charge on any atom is 0.320 e. The van der Waals surface area contributed by atoms with Gasteiger partial charge in [0.05, 0.1) is 29.0 Å². The number of nitrogens with one attached hydrogen (secondary N) is 1. The molecule has 0 aromatic carbocycles. The smallest absolute Gasteiger partial charge is 0.317 e. The normalized spacial score (nSPS) is 22.6. The van der Waals surface area contributed by atoms with Gasteiger partial charge in [-0.15, -0.1) is 0 Å². The van der Waals surface area contributed by atoms with Crippen molar-refractivity contribution < 1.29 is 4.79 Å². The van der Waals surface area contributed by atoms with Crippen LogP contribution in [0, 0.1) is 0 Å². The molecule has 3 heterocycles. The van der Waals surface area contributed by atoms with Crippen LogP contribution in [0.15, 0.2) is 0 Å². The first kappa shape index (κ1) is 13.7. The molecule has 2 aliphatic rings. The van der Waals surface area contributed by atoms with E-state index >= 15 is 0 Å². The Morgan fingerprint density at radius 3 is 2.95 bits per heavy atom. The number of urea groups is 1. The molecule has 3 rings (SSSR count). The molecule has 1 N–H and O–H groups in total. The van der Waals surface area contributed by atoms with E-state index in [4.69, 9.17) is 11.6 Å². The highest BCUT2D eigenvalue weighted by atomic mass is 35.5. The third-order valence-corrected chi connectivity index (χ3v) is 4.58. The molecule has 1 aromatic rings. The molecule has 0 radical (unpaired) electrons. The van der Waals surface area contributed by atoms with Crippen LogP contribution in [0.1, 0.15) is 18.3 Å². The standard InChI is InChI=1S/C13H20ClN5O/c1-3-10-12(14)11(17(2)16-10)8-18-7-9-6-15-4-5-19(9)13(18)20/h9,15H,3-8H2,1-2H3. The lowest BCUT2D eigenvalue weighted by atomic mass is 10.2. The van der Waals surface area contributed by atoms with Gasteiger partial charge >= 0.3 is 6.03 Å². The van der Waals surface area contributed by atoms with E-state index in [1.807, 2.05) is 23.8 Å². The number of fused-ring (bicyclic) bond motifs is 1. The lowest BCUT2D eigenvalue weighted by Crippen LogP contribution is -2.49. The van der Waals surface area contributed by atoms with Crippen LogP contribution in [-0.2, 0) is 20.0 Å². The zero-order chi connectivity index (χ0) is 14.3. The largest absolute Gasteiger partial charge is 0.320 e. The molecule has 2 aliphatic heterocycles. The summed E-state index contributed by atoms with van der Waals surface area (Å²) in [5.41, 5.74) is 1.82. The van der Waals surface area contributed by atoms with Crippen molar-refractivity contribution in [1.82, 2.24) is 24.9 Å². The van der Waals surface area contributed by atoms with Crippen molar-refractivity contribution in [2.24, 2.45) is 7.05 Å². The maximum absolute atomic E-state index is 12.4. The minimum absolute atomic E-state index is 0.117. The minimum atomic E-state index is 0.117. The van der Waals surface area contributed by atoms with E-state index in [1.54, 1.807) is 4.68 Å². The van der Waals surface area contributed by atoms with Crippen molar-refractivity contribution in [3.63, 3.8) is 0 Å². The Hall–Kier alpha value is -1.27. The maximum atomic E-state index is 12.4. The molecule has 20 heavy (non-hydrogen) atoms. The van der Waals surface area contributed by atoms with Gasteiger partial charge in [0.1, 0.15) is 0 Å². The number of rotatable bonds is 3. The molecule has 1 aromatic heterocycles. The number of carbonyl (C=O) groups excluding carboxylic acids is 1. The van der Waals surface area contributed by atoms with Gasteiger partial charge in [-0.3, -0.25) is 4.68 Å². The van der Waals surface area contributed by atoms with Crippen molar-refractivity contribution in [2.75, 3.05) is 26.2 Å². The molecule has 110 valence electrons. The summed E-state index contributed by atoms with van der Waals surface area (Å²) in [5.74, 6) is 0. The van der Waals surface area contributed by atoms with Crippen molar-refractivity contribution >= 4 is 17.6 Å². The Morgan fingerprint density at radius 2 is 2.30 bits per heavy atom. The van der Waals surface area contributed by atoms with E-state index in [0.717, 1.165) is 44.0 Å². The van der Waals surface area contributed by atoms with Crippen LogP contribution in [0.5, 0.6) is 0 Å². The predicted octanol–water partition coefficient (Wildman–Crippen LogP) is 0.845. The lowest BCUT2D eigenvalue weighted by molar-refractivity contribution is 0.178. The molecule has 0 saturated carbocycles. The summed E-state index contributed by atoms with van der Waals surface area (Å²) in [6.45, 7) is 5.87. The number of aromatic nitrogens is 2. The zero-order valence-electron chi connectivity index (χ0n) is 11.9. The van der Waals surface area contributed by atoms with Crippen molar-refractivity contribution in [3.05, 3.63) is 16.4 Å². The van der Waals surface area contributed by atoms with E-state index < -0.39 is 0 Å². The summed E-state index contributed by atoms with van der Waals surface area (Å²) >= 11 is 6.36. The number of nitrogens with zero attached hydrogens (tertiary/aromatic N) is 4. The Balaban J connectivity index is 1.78. The van der Waals surface area contributed by atoms with Crippen LogP contribution in [0.4, 0.5) is 4.79 Å². The third-order valence-electron chi connectivity index (χ3n) is 4.14. The van der Waals surface area contributed by atoms with Crippen LogP contribution < -0.4 is 5.32 Å². The van der Waals surface area contributed by atoms with E-state index in [9.17, 15) is 4.79 Å². The molecule has 0 aliphatic carbocycles. The Bertz CT molecular complexity index is 529. The molecule has 2 amide bonds. The van der Waals surface area contributed by atoms with Gasteiger partial charge in [-0.25, -0.2) is 4.79 Å². The Morgan fingerprint density at radius 1 is 1.50 bits per heavy atom. The van der Waals surface area contributed by atoms with E-state index in [1.165, 1.54) is 0 Å². The van der Waals surface area contributed by atoms with Crippen LogP contribution in [0.2, 0.25) is 5.02 Å². The second-order valence-electron chi connectivity index (χ2n) is 5.40. The number of halogens is 1. The van der Waals surface area contributed by atoms with Crippen molar-refractivity contribution in [3.8, 4) is 0 Å². The highest BCUT2D eigenvalue weighted by Crippen LogP contribution is 2.25. The van der Waals surface area contributed by atoms with Gasteiger partial charge in [-0.05, 0) is 6.42 Å². The molecule has 0 spiro atoms. The molecule has 1 atom stereocenters. The summed E-state index contributed by atoms with van der Waals surface area (Å²) in [7, 11) is 1.88. The summed E-state index contributed by atoms with van der Waals surface area (Å²) in [5, 5.41) is 8.44. The first-order chi connectivity index (χ1) is 9.61. The fraction of sp³-hybridized carbons (Fsp3) is 0.692. The highest BCUT2D eigenvalue weighted by molar-refractivity contribution is 6.31. The average molecular weight is 298 g/mol. The third kappa shape index (κ3) is 2.16. The van der Waals surface area contributed by atoms with Gasteiger partial charge in [-0.2, -0.15) is 5.10 Å². The number of piperazine rings is 1. The first-order valence-corrected chi connectivity index (χ1v) is 7.46. The molecule has 7 heteroatoms. The number of hydrogen-bond acceptors (Lipinski definition) is 3. The fourth-order valence-electron chi connectivity index (χ4n) is 2.99. The van der Waals surface area contributed by atoms with Crippen LogP contribution in [0.25, 0.3) is 0 Å². The summed E-state index contributed by atoms with van der Waals surface area (Å²) < 4.78 is 1.80. The van der Waals surface area contributed by atoms with Gasteiger partial charge in [0.25, 0.3) is 0 Å². The van der Waals surface area contributed by atoms with E-state index in [-0.39, 0.29) is 12.1 Å². The molecular weight excluding hydrogens is 278 g/mol. The number of carbonyl (C=O) groups is 1. The predicted molar refractivity (Wildman–Crippen MR) is 76.8 cm³/mol. The van der Waals surface area contributed by atoms with E-state index in [2.05, 4.69) is 10.4 Å². The minimum Gasteiger partial charge on any atom is -0.317 e. The second kappa shape index (κ2) is 5.26. The van der Waals surface area contributed by atoms with Gasteiger partial charge in [-0.1, -0.05) is 18.5 Å². The zero-order valence-corrected chi connectivity index (χ0v) is 12.7. The summed E-state index contributed by atoms with van der Waals surface area (Å²) in [6.07, 6.45) is 0.805. The quantitative estimate of drug-likeness (QED) is 0.900. The van der Waals surface area contributed by atoms with Gasteiger partial charge in [0.2, 0.25) is 0 Å². The molecule has 6 nitrogen and oxygen atoms in total. The monoisotopic (exact) mass is 297 g/mol. The SMILES string of the molecule is CCc1nn(C)c(CN2CC3CNCCN3C2=O)c1Cl. The summed E-state index contributed by atoms with van der Waals surface area (Å²) in [4.78, 5) is 16.2. The molecule has 1 unspecified atom stereocenters. The Kier molecular flexibility index (Phi) is 3.60. The van der Waals surface area contributed by atoms with Gasteiger partial charge in [0, 0.05) is 33.2 Å². The molecule has 2 fully saturated rings. The van der Waals surface area contributed by atoms with Crippen molar-refractivity contribution in [2.45, 2.75) is 25.9 Å². The van der Waals surface area contributed by atoms with Crippen LogP contribution >= 0.6 is 11.6 Å². The first-order valence-electron chi connectivity index (χ1n) is 7.08. The van der Waals surface area contributed by atoms with E-state index in [0.29, 0.717) is 11.6 Å². The molecule has 0 bridgehead atoms. The number of aryl methyl sites for hydroxylation is 2. The second-order valence-corrected chi connectivity index (χ2v) is 5.78. The van der Waals surface area contributed by atoms with Gasteiger partial charge < -0.3 is 15.1 Å². The number of amides is 2. The van der Waals surface area contributed by atoms with Crippen LogP contribution in [0.3, 0.4) is 0 Å².